The third-order valence-electron chi connectivity index (χ3n) is 5.52. The van der Waals surface area contributed by atoms with Crippen LogP contribution in [0.25, 0.3) is 0 Å². The monoisotopic (exact) mass is 616 g/mol. The Bertz CT molecular complexity index is 1390. The summed E-state index contributed by atoms with van der Waals surface area (Å²) in [4.78, 5) is 2.19. The van der Waals surface area contributed by atoms with E-state index in [9.17, 15) is 30.4 Å². The number of nitrogens with one attached hydrogen (secondary N) is 1. The molecular weight excluding hydrogens is 598 g/mol. The van der Waals surface area contributed by atoms with Crippen molar-refractivity contribution in [3.63, 3.8) is 0 Å². The second-order valence-corrected chi connectivity index (χ2v) is 12.3. The van der Waals surface area contributed by atoms with Crippen LogP contribution in [0, 0.1) is 29.1 Å². The maximum atomic E-state index is 14.6. The Hall–Kier alpha value is -2.16. The van der Waals surface area contributed by atoms with Crippen LogP contribution in [0.1, 0.15) is 16.7 Å². The number of rotatable bonds is 9. The van der Waals surface area contributed by atoms with Gasteiger partial charge in [0.25, 0.3) is 0 Å². The van der Waals surface area contributed by atoms with Crippen LogP contribution in [0.4, 0.5) is 27.6 Å². The first kappa shape index (κ1) is 28.8. The zero-order chi connectivity index (χ0) is 27.8. The predicted molar refractivity (Wildman–Crippen MR) is 134 cm³/mol. The van der Waals surface area contributed by atoms with Crippen molar-refractivity contribution in [2.24, 2.45) is 0 Å². The molecule has 0 amide bonds. The second kappa shape index (κ2) is 11.5. The van der Waals surface area contributed by atoms with E-state index in [-0.39, 0.29) is 19.7 Å². The summed E-state index contributed by atoms with van der Waals surface area (Å²) in [6, 6.07) is 7.54. The molecular formula is C23H19Cl2F5N2O4S2. The molecule has 1 aliphatic rings. The highest BCUT2D eigenvalue weighted by Gasteiger charge is 2.40. The van der Waals surface area contributed by atoms with Gasteiger partial charge in [0, 0.05) is 23.7 Å². The molecule has 38 heavy (non-hydrogen) atoms. The highest BCUT2D eigenvalue weighted by Crippen LogP contribution is 2.37. The number of sulfonamides is 1. The maximum absolute atomic E-state index is 14.6. The molecule has 0 aliphatic carbocycles. The maximum Gasteiger partial charge on any atom is 0.229 e. The van der Waals surface area contributed by atoms with Crippen molar-refractivity contribution in [2.75, 3.05) is 30.7 Å². The first-order valence-electron chi connectivity index (χ1n) is 10.9. The fraction of sp³-hybridized carbons (Fsp3) is 0.304. The lowest BCUT2D eigenvalue weighted by Gasteiger charge is -2.24. The van der Waals surface area contributed by atoms with E-state index in [0.29, 0.717) is 27.2 Å². The van der Waals surface area contributed by atoms with Crippen LogP contribution >= 0.6 is 34.5 Å². The standard InChI is InChI=1S/C23H19Cl2F5N2O4S2/c1-38(33,34)31-11-2-4-12(5-3-11)35-10-13-9-32(7-6-14-8-15(24)22(25)37-14)23(36-13)16-17(26)19(28)21(30)20(29)18(16)27/h2-5,8,13,23,31H,6-7,9-10H2,1H3. The Balaban J connectivity index is 1.53. The lowest BCUT2D eigenvalue weighted by molar-refractivity contribution is -0.0205. The average Bonchev–Trinajstić information content (AvgIpc) is 3.40. The van der Waals surface area contributed by atoms with Gasteiger partial charge in [0.15, 0.2) is 23.3 Å². The first-order chi connectivity index (χ1) is 17.8. The van der Waals surface area contributed by atoms with E-state index in [1.165, 1.54) is 40.5 Å². The van der Waals surface area contributed by atoms with Gasteiger partial charge in [0.2, 0.25) is 15.8 Å². The smallest absolute Gasteiger partial charge is 0.229 e. The van der Waals surface area contributed by atoms with E-state index in [4.69, 9.17) is 32.7 Å². The van der Waals surface area contributed by atoms with Gasteiger partial charge in [-0.05, 0) is 36.8 Å². The number of hydrogen-bond acceptors (Lipinski definition) is 6. The van der Waals surface area contributed by atoms with Gasteiger partial charge in [-0.2, -0.15) is 0 Å². The van der Waals surface area contributed by atoms with E-state index in [2.05, 4.69) is 4.72 Å². The number of benzene rings is 2. The summed E-state index contributed by atoms with van der Waals surface area (Å²) in [5.74, 6) is -10.0. The van der Waals surface area contributed by atoms with Crippen LogP contribution < -0.4 is 9.46 Å². The molecule has 3 aromatic rings. The number of nitrogens with zero attached hydrogens (tertiary/aromatic N) is 1. The van der Waals surface area contributed by atoms with Crippen molar-refractivity contribution >= 4 is 50.2 Å². The van der Waals surface area contributed by atoms with Crippen molar-refractivity contribution in [1.29, 1.82) is 0 Å². The van der Waals surface area contributed by atoms with E-state index in [1.54, 1.807) is 6.07 Å². The van der Waals surface area contributed by atoms with E-state index >= 15 is 0 Å². The minimum absolute atomic E-state index is 0.0463. The van der Waals surface area contributed by atoms with Gasteiger partial charge < -0.3 is 9.47 Å². The van der Waals surface area contributed by atoms with Crippen LogP contribution in [0.5, 0.6) is 5.75 Å². The zero-order valence-corrected chi connectivity index (χ0v) is 22.6. The van der Waals surface area contributed by atoms with Gasteiger partial charge in [-0.15, -0.1) is 11.3 Å². The number of halogens is 7. The van der Waals surface area contributed by atoms with Crippen molar-refractivity contribution in [2.45, 2.75) is 18.8 Å². The molecule has 15 heteroatoms. The van der Waals surface area contributed by atoms with Crippen LogP contribution in [-0.4, -0.2) is 45.4 Å². The molecule has 2 aromatic carbocycles. The third kappa shape index (κ3) is 6.52. The summed E-state index contributed by atoms with van der Waals surface area (Å²) in [5.41, 5.74) is -0.786. The largest absolute Gasteiger partial charge is 0.491 e. The lowest BCUT2D eigenvalue weighted by Crippen LogP contribution is -2.29. The topological polar surface area (TPSA) is 67.9 Å². The zero-order valence-electron chi connectivity index (χ0n) is 19.4. The number of anilines is 1. The molecule has 6 nitrogen and oxygen atoms in total. The first-order valence-corrected chi connectivity index (χ1v) is 14.4. The summed E-state index contributed by atoms with van der Waals surface area (Å²) in [7, 11) is -3.47. The highest BCUT2D eigenvalue weighted by molar-refractivity contribution is 7.92. The van der Waals surface area contributed by atoms with E-state index in [1.807, 2.05) is 0 Å². The molecule has 1 aromatic heterocycles. The Kier molecular flexibility index (Phi) is 8.75. The Morgan fingerprint density at radius 2 is 1.66 bits per heavy atom. The normalized spacial score (nSPS) is 18.2. The Labute approximate surface area is 228 Å². The van der Waals surface area contributed by atoms with Gasteiger partial charge in [-0.3, -0.25) is 9.62 Å². The van der Waals surface area contributed by atoms with Crippen molar-refractivity contribution in [3.05, 3.63) is 79.2 Å². The van der Waals surface area contributed by atoms with Crippen LogP contribution in [0.3, 0.4) is 0 Å². The van der Waals surface area contributed by atoms with Crippen molar-refractivity contribution in [1.82, 2.24) is 4.90 Å². The van der Waals surface area contributed by atoms with Crippen LogP contribution in [0.15, 0.2) is 30.3 Å². The Morgan fingerprint density at radius 3 is 2.21 bits per heavy atom. The molecule has 0 spiro atoms. The number of thiophene rings is 1. The third-order valence-corrected chi connectivity index (χ3v) is 8.05. The molecule has 4 rings (SSSR count). The number of hydrogen-bond donors (Lipinski definition) is 1. The summed E-state index contributed by atoms with van der Waals surface area (Å²) < 4.78 is 108. The fourth-order valence-corrected chi connectivity index (χ4v) is 5.83. The highest BCUT2D eigenvalue weighted by atomic mass is 35.5. The lowest BCUT2D eigenvalue weighted by atomic mass is 10.1. The Morgan fingerprint density at radius 1 is 1.05 bits per heavy atom. The van der Waals surface area contributed by atoms with Gasteiger partial charge in [0.05, 0.1) is 16.8 Å². The summed E-state index contributed by atoms with van der Waals surface area (Å²) in [5, 5.41) is 0.338. The minimum atomic E-state index is -3.47. The quantitative estimate of drug-likeness (QED) is 0.178. The molecule has 2 atom stereocenters. The molecule has 0 saturated carbocycles. The van der Waals surface area contributed by atoms with Gasteiger partial charge in [-0.1, -0.05) is 23.2 Å². The van der Waals surface area contributed by atoms with E-state index in [0.717, 1.165) is 11.1 Å². The minimum Gasteiger partial charge on any atom is -0.491 e. The summed E-state index contributed by atoms with van der Waals surface area (Å²) in [6.07, 6.45) is -1.07. The van der Waals surface area contributed by atoms with Crippen LogP contribution in [0.2, 0.25) is 9.36 Å². The average molecular weight is 617 g/mol. The molecule has 2 heterocycles. The predicted octanol–water partition coefficient (Wildman–Crippen LogP) is 6.14. The van der Waals surface area contributed by atoms with Crippen LogP contribution in [-0.2, 0) is 21.2 Å². The molecule has 1 fully saturated rings. The van der Waals surface area contributed by atoms with Gasteiger partial charge in [0.1, 0.15) is 29.0 Å². The van der Waals surface area contributed by atoms with Gasteiger partial charge in [-0.25, -0.2) is 30.4 Å². The molecule has 2 unspecified atom stereocenters. The SMILES string of the molecule is CS(=O)(=O)Nc1ccc(OCC2CN(CCc3cc(Cl)c(Cl)s3)C(c3c(F)c(F)c(F)c(F)c3F)O2)cc1. The second-order valence-electron chi connectivity index (χ2n) is 8.38. The molecule has 0 bridgehead atoms. The molecule has 1 N–H and O–H groups in total. The fourth-order valence-electron chi connectivity index (χ4n) is 3.85. The van der Waals surface area contributed by atoms with Crippen molar-refractivity contribution in [3.8, 4) is 5.75 Å². The number of ether oxygens (including phenoxy) is 2. The molecule has 1 aliphatic heterocycles. The summed E-state index contributed by atoms with van der Waals surface area (Å²) in [6.45, 7) is 0.0440. The molecule has 0 radical (unpaired) electrons. The molecule has 206 valence electrons. The molecule has 1 saturated heterocycles. The van der Waals surface area contributed by atoms with E-state index < -0.39 is 57.0 Å². The summed E-state index contributed by atoms with van der Waals surface area (Å²) >= 11 is 13.2. The van der Waals surface area contributed by atoms with Gasteiger partial charge >= 0.3 is 0 Å². The van der Waals surface area contributed by atoms with Crippen molar-refractivity contribution < 1.29 is 39.8 Å².